The van der Waals surface area contributed by atoms with Gasteiger partial charge in [0.1, 0.15) is 11.7 Å². The zero-order valence-corrected chi connectivity index (χ0v) is 14.0. The van der Waals surface area contributed by atoms with Crippen molar-refractivity contribution in [2.24, 2.45) is 10.7 Å². The molecule has 12 heteroatoms. The van der Waals surface area contributed by atoms with Gasteiger partial charge in [-0.05, 0) is 36.4 Å². The number of anilines is 1. The lowest BCUT2D eigenvalue weighted by Gasteiger charge is -2.10. The number of amides is 2. The zero-order valence-electron chi connectivity index (χ0n) is 14.0. The highest BCUT2D eigenvalue weighted by Gasteiger charge is 2.38. The van der Waals surface area contributed by atoms with E-state index in [2.05, 4.69) is 10.3 Å². The molecule has 0 aliphatic carbocycles. The Bertz CT molecular complexity index is 964. The molecule has 2 amide bonds. The number of benzene rings is 2. The molecule has 0 radical (unpaired) electrons. The third-order valence-corrected chi connectivity index (χ3v) is 3.44. The molecule has 0 aliphatic heterocycles. The van der Waals surface area contributed by atoms with E-state index in [0.29, 0.717) is 18.2 Å². The van der Waals surface area contributed by atoms with Crippen molar-refractivity contribution in [1.82, 2.24) is 0 Å². The van der Waals surface area contributed by atoms with E-state index in [1.54, 1.807) is 0 Å². The third-order valence-electron chi connectivity index (χ3n) is 3.44. The molecule has 0 bridgehead atoms. The van der Waals surface area contributed by atoms with Gasteiger partial charge in [0.2, 0.25) is 0 Å². The van der Waals surface area contributed by atoms with E-state index in [4.69, 9.17) is 5.73 Å². The van der Waals surface area contributed by atoms with E-state index in [9.17, 15) is 40.3 Å². The van der Waals surface area contributed by atoms with Gasteiger partial charge in [-0.1, -0.05) is 6.07 Å². The summed E-state index contributed by atoms with van der Waals surface area (Å²) in [6.45, 7) is 0. The number of nitrogens with one attached hydrogen (secondary N) is 1. The Morgan fingerprint density at radius 1 is 0.931 bits per heavy atom. The van der Waals surface area contributed by atoms with E-state index >= 15 is 0 Å². The summed E-state index contributed by atoms with van der Waals surface area (Å²) in [4.78, 5) is 25.4. The SMILES string of the molecule is NC(=NC(=O)C(F)(F)F)c1ccc(C(=O)Nc2ccc(C(F)(F)F)cc2)c(F)c1. The molecule has 0 spiro atoms. The van der Waals surface area contributed by atoms with Gasteiger partial charge in [-0.15, -0.1) is 0 Å². The Morgan fingerprint density at radius 2 is 1.52 bits per heavy atom. The predicted octanol–water partition coefficient (Wildman–Crippen LogP) is 3.89. The fourth-order valence-corrected chi connectivity index (χ4v) is 2.04. The number of nitrogens with two attached hydrogens (primary N) is 1. The average molecular weight is 421 g/mol. The van der Waals surface area contributed by atoms with Gasteiger partial charge in [0.15, 0.2) is 0 Å². The highest BCUT2D eigenvalue weighted by Crippen LogP contribution is 2.30. The van der Waals surface area contributed by atoms with Crippen LogP contribution in [0, 0.1) is 5.82 Å². The van der Waals surface area contributed by atoms with Gasteiger partial charge in [0.05, 0.1) is 11.1 Å². The van der Waals surface area contributed by atoms with Crippen molar-refractivity contribution >= 4 is 23.3 Å². The van der Waals surface area contributed by atoms with Crippen molar-refractivity contribution in [3.63, 3.8) is 0 Å². The molecular weight excluding hydrogens is 411 g/mol. The largest absolute Gasteiger partial charge is 0.473 e. The van der Waals surface area contributed by atoms with Crippen molar-refractivity contribution in [3.8, 4) is 0 Å². The lowest BCUT2D eigenvalue weighted by atomic mass is 10.1. The molecule has 0 fully saturated rings. The number of hydrogen-bond donors (Lipinski definition) is 2. The van der Waals surface area contributed by atoms with Gasteiger partial charge >= 0.3 is 18.3 Å². The monoisotopic (exact) mass is 421 g/mol. The topological polar surface area (TPSA) is 84.5 Å². The Balaban J connectivity index is 2.18. The lowest BCUT2D eigenvalue weighted by molar-refractivity contribution is -0.169. The second-order valence-electron chi connectivity index (χ2n) is 5.52. The molecule has 0 unspecified atom stereocenters. The van der Waals surface area contributed by atoms with Crippen LogP contribution in [0.4, 0.5) is 36.4 Å². The molecular formula is C17H10F7N3O2. The summed E-state index contributed by atoms with van der Waals surface area (Å²) in [6, 6.07) is 5.75. The molecule has 2 rings (SSSR count). The molecule has 2 aromatic rings. The maximum absolute atomic E-state index is 14.1. The molecule has 29 heavy (non-hydrogen) atoms. The molecule has 5 nitrogen and oxygen atoms in total. The third kappa shape index (κ3) is 5.53. The van der Waals surface area contributed by atoms with Crippen LogP contribution in [0.2, 0.25) is 0 Å². The highest BCUT2D eigenvalue weighted by molar-refractivity contribution is 6.07. The molecule has 3 N–H and O–H groups in total. The summed E-state index contributed by atoms with van der Waals surface area (Å²) in [7, 11) is 0. The van der Waals surface area contributed by atoms with Crippen LogP contribution >= 0.6 is 0 Å². The summed E-state index contributed by atoms with van der Waals surface area (Å²) in [5, 5.41) is 2.17. The maximum Gasteiger partial charge on any atom is 0.473 e. The highest BCUT2D eigenvalue weighted by atomic mass is 19.4. The second kappa shape index (κ2) is 7.89. The molecule has 0 saturated heterocycles. The number of hydrogen-bond acceptors (Lipinski definition) is 2. The van der Waals surface area contributed by atoms with E-state index in [0.717, 1.165) is 24.3 Å². The van der Waals surface area contributed by atoms with Crippen molar-refractivity contribution in [1.29, 1.82) is 0 Å². The summed E-state index contributed by atoms with van der Waals surface area (Å²) >= 11 is 0. The number of halogens is 7. The van der Waals surface area contributed by atoms with Gasteiger partial charge in [-0.2, -0.15) is 31.3 Å². The molecule has 2 aromatic carbocycles. The predicted molar refractivity (Wildman–Crippen MR) is 87.6 cm³/mol. The first-order valence-corrected chi connectivity index (χ1v) is 7.53. The minimum Gasteiger partial charge on any atom is -0.383 e. The number of carbonyl (C=O) groups is 2. The minimum atomic E-state index is -5.26. The number of amidine groups is 1. The van der Waals surface area contributed by atoms with Crippen LogP contribution in [-0.2, 0) is 11.0 Å². The first kappa shape index (κ1) is 21.9. The van der Waals surface area contributed by atoms with E-state index in [1.807, 2.05) is 0 Å². The number of nitrogens with zero attached hydrogens (tertiary/aromatic N) is 1. The first-order chi connectivity index (χ1) is 13.3. The average Bonchev–Trinajstić information content (AvgIpc) is 2.60. The van der Waals surface area contributed by atoms with Crippen LogP contribution < -0.4 is 11.1 Å². The van der Waals surface area contributed by atoms with Gasteiger partial charge in [-0.25, -0.2) is 4.39 Å². The van der Waals surface area contributed by atoms with Gasteiger partial charge in [0, 0.05) is 11.3 Å². The second-order valence-corrected chi connectivity index (χ2v) is 5.52. The summed E-state index contributed by atoms with van der Waals surface area (Å²) < 4.78 is 88.2. The Hall–Kier alpha value is -3.44. The summed E-state index contributed by atoms with van der Waals surface area (Å²) in [5.41, 5.74) is 3.28. The van der Waals surface area contributed by atoms with Crippen molar-refractivity contribution in [3.05, 3.63) is 65.0 Å². The zero-order chi connectivity index (χ0) is 22.0. The van der Waals surface area contributed by atoms with Gasteiger partial charge < -0.3 is 11.1 Å². The van der Waals surface area contributed by atoms with E-state index < -0.39 is 46.9 Å². The molecule has 154 valence electrons. The number of rotatable bonds is 3. The fourth-order valence-electron chi connectivity index (χ4n) is 2.04. The van der Waals surface area contributed by atoms with Crippen LogP contribution in [0.25, 0.3) is 0 Å². The van der Waals surface area contributed by atoms with E-state index in [-0.39, 0.29) is 11.3 Å². The van der Waals surface area contributed by atoms with Crippen LogP contribution in [0.3, 0.4) is 0 Å². The number of aliphatic imine (C=N–C) groups is 1. The summed E-state index contributed by atoms with van der Waals surface area (Å²) in [6.07, 6.45) is -9.83. The lowest BCUT2D eigenvalue weighted by Crippen LogP contribution is -2.25. The van der Waals surface area contributed by atoms with Gasteiger partial charge in [-0.3, -0.25) is 9.59 Å². The van der Waals surface area contributed by atoms with Gasteiger partial charge in [0.25, 0.3) is 5.91 Å². The number of alkyl halides is 6. The van der Waals surface area contributed by atoms with Crippen LogP contribution in [0.5, 0.6) is 0 Å². The quantitative estimate of drug-likeness (QED) is 0.448. The smallest absolute Gasteiger partial charge is 0.383 e. The summed E-state index contributed by atoms with van der Waals surface area (Å²) in [5.74, 6) is -5.64. The number of carbonyl (C=O) groups excluding carboxylic acids is 2. The molecule has 0 saturated carbocycles. The first-order valence-electron chi connectivity index (χ1n) is 7.53. The standard InChI is InChI=1S/C17H10F7N3O2/c18-12-7-8(13(25)27-15(29)17(22,23)24)1-6-11(12)14(28)26-10-4-2-9(3-5-10)16(19,20)21/h1-7H,(H,26,28)(H2,25,27,29). The minimum absolute atomic E-state index is 0.0525. The maximum atomic E-state index is 14.1. The normalized spacial score (nSPS) is 12.6. The molecule has 0 atom stereocenters. The van der Waals surface area contributed by atoms with Crippen LogP contribution in [-0.4, -0.2) is 23.8 Å². The Morgan fingerprint density at radius 3 is 2.00 bits per heavy atom. The Kier molecular flexibility index (Phi) is 5.95. The van der Waals surface area contributed by atoms with Crippen LogP contribution in [0.15, 0.2) is 47.5 Å². The van der Waals surface area contributed by atoms with E-state index in [1.165, 1.54) is 0 Å². The van der Waals surface area contributed by atoms with Crippen molar-refractivity contribution < 1.29 is 40.3 Å². The van der Waals surface area contributed by atoms with Crippen LogP contribution in [0.1, 0.15) is 21.5 Å². The molecule has 0 heterocycles. The van der Waals surface area contributed by atoms with Crippen molar-refractivity contribution in [2.45, 2.75) is 12.4 Å². The fraction of sp³-hybridized carbons (Fsp3) is 0.118. The van der Waals surface area contributed by atoms with Crippen molar-refractivity contribution in [2.75, 3.05) is 5.32 Å². The molecule has 0 aliphatic rings. The molecule has 0 aromatic heterocycles. The Labute approximate surface area is 158 Å².